The minimum absolute atomic E-state index is 0.194. The van der Waals surface area contributed by atoms with Crippen LogP contribution in [0.15, 0.2) is 35.1 Å². The highest BCUT2D eigenvalue weighted by atomic mass is 19.1. The highest BCUT2D eigenvalue weighted by Gasteiger charge is 2.29. The minimum atomic E-state index is -0.250. The van der Waals surface area contributed by atoms with Crippen LogP contribution in [0.4, 0.5) is 10.1 Å². The van der Waals surface area contributed by atoms with E-state index in [-0.39, 0.29) is 17.2 Å². The molecule has 0 radical (unpaired) electrons. The van der Waals surface area contributed by atoms with Crippen LogP contribution in [-0.2, 0) is 13.0 Å². The van der Waals surface area contributed by atoms with Crippen LogP contribution in [0.5, 0.6) is 0 Å². The fourth-order valence-electron chi connectivity index (χ4n) is 5.43. The summed E-state index contributed by atoms with van der Waals surface area (Å²) in [5, 5.41) is 0. The molecule has 6 nitrogen and oxygen atoms in total. The molecule has 1 atom stereocenters. The number of benzene rings is 1. The van der Waals surface area contributed by atoms with Crippen molar-refractivity contribution >= 4 is 11.6 Å². The SMILES string of the molecule is CCc1c(C(=O)N2CCN(c3ccccc3F)CC2)c(=O)cc(C)n1CC1CCCN1CC. The van der Waals surface area contributed by atoms with Crippen molar-refractivity contribution in [2.75, 3.05) is 44.2 Å². The van der Waals surface area contributed by atoms with Gasteiger partial charge >= 0.3 is 0 Å². The number of hydrogen-bond donors (Lipinski definition) is 0. The summed E-state index contributed by atoms with van der Waals surface area (Å²) in [5.74, 6) is -0.447. The monoisotopic (exact) mass is 454 g/mol. The van der Waals surface area contributed by atoms with Gasteiger partial charge in [0, 0.05) is 56.2 Å². The Bertz CT molecular complexity index is 1060. The van der Waals surface area contributed by atoms with Gasteiger partial charge in [-0.15, -0.1) is 0 Å². The first-order valence-electron chi connectivity index (χ1n) is 12.2. The fourth-order valence-corrected chi connectivity index (χ4v) is 5.43. The standard InChI is InChI=1S/C26H35FN4O2/c1-4-22-25(24(32)17-19(3)31(22)18-20-9-8-12-28(20)5-2)26(33)30-15-13-29(14-16-30)23-11-7-6-10-21(23)27/h6-7,10-11,17,20H,4-5,8-9,12-16,18H2,1-3H3. The maximum Gasteiger partial charge on any atom is 0.259 e. The summed E-state index contributed by atoms with van der Waals surface area (Å²) < 4.78 is 16.4. The predicted octanol–water partition coefficient (Wildman–Crippen LogP) is 3.30. The molecule has 7 heteroatoms. The van der Waals surface area contributed by atoms with Gasteiger partial charge in [0.15, 0.2) is 5.43 Å². The second-order valence-corrected chi connectivity index (χ2v) is 9.09. The van der Waals surface area contributed by atoms with Crippen molar-refractivity contribution in [3.63, 3.8) is 0 Å². The topological polar surface area (TPSA) is 48.8 Å². The second kappa shape index (κ2) is 10.1. The number of para-hydroxylation sites is 1. The lowest BCUT2D eigenvalue weighted by Crippen LogP contribution is -2.50. The number of anilines is 1. The molecule has 1 aromatic carbocycles. The Morgan fingerprint density at radius 1 is 1.09 bits per heavy atom. The van der Waals surface area contributed by atoms with E-state index in [2.05, 4.69) is 16.4 Å². The number of likely N-dealkylation sites (tertiary alicyclic amines) is 1. The predicted molar refractivity (Wildman–Crippen MR) is 130 cm³/mol. The van der Waals surface area contributed by atoms with Crippen molar-refractivity contribution in [1.29, 1.82) is 0 Å². The van der Waals surface area contributed by atoms with Crippen LogP contribution in [0.1, 0.15) is 48.4 Å². The Morgan fingerprint density at radius 2 is 1.82 bits per heavy atom. The van der Waals surface area contributed by atoms with Crippen LogP contribution >= 0.6 is 0 Å². The zero-order valence-electron chi connectivity index (χ0n) is 20.0. The largest absolute Gasteiger partial charge is 0.366 e. The molecular weight excluding hydrogens is 419 g/mol. The summed E-state index contributed by atoms with van der Waals surface area (Å²) in [7, 11) is 0. The van der Waals surface area contributed by atoms with E-state index in [1.807, 2.05) is 24.8 Å². The molecule has 1 unspecified atom stereocenters. The van der Waals surface area contributed by atoms with Gasteiger partial charge in [0.1, 0.15) is 11.4 Å². The average Bonchev–Trinajstić information content (AvgIpc) is 3.28. The van der Waals surface area contributed by atoms with E-state index in [1.54, 1.807) is 23.1 Å². The molecule has 1 aromatic heterocycles. The van der Waals surface area contributed by atoms with Gasteiger partial charge in [-0.2, -0.15) is 0 Å². The first-order chi connectivity index (χ1) is 15.9. The summed E-state index contributed by atoms with van der Waals surface area (Å²) in [5.41, 5.74) is 2.43. The Kier molecular flexibility index (Phi) is 7.17. The molecule has 178 valence electrons. The molecule has 4 rings (SSSR count). The Hall–Kier alpha value is -2.67. The number of likely N-dealkylation sites (N-methyl/N-ethyl adjacent to an activating group) is 1. The summed E-state index contributed by atoms with van der Waals surface area (Å²) in [6.45, 7) is 11.1. The lowest BCUT2D eigenvalue weighted by Gasteiger charge is -2.36. The van der Waals surface area contributed by atoms with Gasteiger partial charge in [0.05, 0.1) is 5.69 Å². The average molecular weight is 455 g/mol. The molecule has 0 N–H and O–H groups in total. The van der Waals surface area contributed by atoms with Gasteiger partial charge in [0.2, 0.25) is 0 Å². The van der Waals surface area contributed by atoms with Gasteiger partial charge in [-0.3, -0.25) is 14.5 Å². The van der Waals surface area contributed by atoms with Crippen molar-refractivity contribution in [1.82, 2.24) is 14.4 Å². The molecule has 2 aromatic rings. The van der Waals surface area contributed by atoms with Crippen molar-refractivity contribution in [2.24, 2.45) is 0 Å². The number of aromatic nitrogens is 1. The van der Waals surface area contributed by atoms with E-state index >= 15 is 0 Å². The first kappa shape index (κ1) is 23.5. The Balaban J connectivity index is 1.56. The second-order valence-electron chi connectivity index (χ2n) is 9.09. The summed E-state index contributed by atoms with van der Waals surface area (Å²) in [4.78, 5) is 32.8. The number of piperazine rings is 1. The number of pyridine rings is 1. The van der Waals surface area contributed by atoms with E-state index < -0.39 is 0 Å². The Labute approximate surface area is 195 Å². The molecule has 2 aliphatic rings. The van der Waals surface area contributed by atoms with Gasteiger partial charge in [0.25, 0.3) is 5.91 Å². The van der Waals surface area contributed by atoms with Crippen LogP contribution in [0.25, 0.3) is 0 Å². The number of carbonyl (C=O) groups is 1. The number of rotatable bonds is 6. The maximum atomic E-state index is 14.2. The zero-order valence-corrected chi connectivity index (χ0v) is 20.0. The number of hydrogen-bond acceptors (Lipinski definition) is 4. The molecule has 0 bridgehead atoms. The lowest BCUT2D eigenvalue weighted by atomic mass is 10.1. The quantitative estimate of drug-likeness (QED) is 0.672. The van der Waals surface area contributed by atoms with Gasteiger partial charge in [-0.1, -0.05) is 26.0 Å². The van der Waals surface area contributed by atoms with Gasteiger partial charge in [-0.05, 0) is 51.4 Å². The van der Waals surface area contributed by atoms with Crippen molar-refractivity contribution in [3.05, 3.63) is 63.3 Å². The third kappa shape index (κ3) is 4.69. The third-order valence-electron chi connectivity index (χ3n) is 7.23. The molecule has 0 saturated carbocycles. The molecule has 2 aliphatic heterocycles. The Morgan fingerprint density at radius 3 is 2.48 bits per heavy atom. The van der Waals surface area contributed by atoms with Crippen LogP contribution in [0.2, 0.25) is 0 Å². The third-order valence-corrected chi connectivity index (χ3v) is 7.23. The first-order valence-corrected chi connectivity index (χ1v) is 12.2. The number of carbonyl (C=O) groups excluding carboxylic acids is 1. The van der Waals surface area contributed by atoms with E-state index in [1.165, 1.54) is 12.5 Å². The van der Waals surface area contributed by atoms with Crippen molar-refractivity contribution in [2.45, 2.75) is 52.6 Å². The van der Waals surface area contributed by atoms with E-state index in [0.717, 1.165) is 37.4 Å². The van der Waals surface area contributed by atoms with Crippen LogP contribution in [0, 0.1) is 12.7 Å². The molecule has 2 saturated heterocycles. The van der Waals surface area contributed by atoms with Crippen LogP contribution in [0.3, 0.4) is 0 Å². The fraction of sp³-hybridized carbons (Fsp3) is 0.538. The van der Waals surface area contributed by atoms with Crippen LogP contribution in [-0.4, -0.2) is 65.6 Å². The zero-order chi connectivity index (χ0) is 23.5. The highest BCUT2D eigenvalue weighted by molar-refractivity contribution is 5.95. The van der Waals surface area contributed by atoms with E-state index in [9.17, 15) is 14.0 Å². The number of nitrogens with zero attached hydrogens (tertiary/aromatic N) is 4. The van der Waals surface area contributed by atoms with E-state index in [0.29, 0.717) is 49.9 Å². The summed E-state index contributed by atoms with van der Waals surface area (Å²) >= 11 is 0. The number of halogens is 1. The molecule has 1 amide bonds. The minimum Gasteiger partial charge on any atom is -0.366 e. The normalized spacial score (nSPS) is 19.3. The summed E-state index contributed by atoms with van der Waals surface area (Å²) in [6.07, 6.45) is 2.97. The van der Waals surface area contributed by atoms with Crippen molar-refractivity contribution < 1.29 is 9.18 Å². The van der Waals surface area contributed by atoms with Gasteiger partial charge in [-0.25, -0.2) is 4.39 Å². The molecule has 2 fully saturated rings. The highest BCUT2D eigenvalue weighted by Crippen LogP contribution is 2.23. The molecule has 0 aliphatic carbocycles. The lowest BCUT2D eigenvalue weighted by molar-refractivity contribution is 0.0742. The number of amides is 1. The van der Waals surface area contributed by atoms with E-state index in [4.69, 9.17) is 0 Å². The van der Waals surface area contributed by atoms with Crippen molar-refractivity contribution in [3.8, 4) is 0 Å². The molecule has 3 heterocycles. The molecule has 33 heavy (non-hydrogen) atoms. The smallest absolute Gasteiger partial charge is 0.259 e. The number of aryl methyl sites for hydroxylation is 1. The molecular formula is C26H35FN4O2. The van der Waals surface area contributed by atoms with Gasteiger partial charge < -0.3 is 14.4 Å². The van der Waals surface area contributed by atoms with Crippen LogP contribution < -0.4 is 10.3 Å². The molecule has 0 spiro atoms. The summed E-state index contributed by atoms with van der Waals surface area (Å²) in [6, 6.07) is 8.78. The maximum absolute atomic E-state index is 14.2.